The first-order chi connectivity index (χ1) is 7.31. The highest BCUT2D eigenvalue weighted by molar-refractivity contribution is 7.91. The lowest BCUT2D eigenvalue weighted by molar-refractivity contribution is 0.108. The van der Waals surface area contributed by atoms with Gasteiger partial charge in [0.2, 0.25) is 0 Å². The molecule has 0 unspecified atom stereocenters. The van der Waals surface area contributed by atoms with Gasteiger partial charge in [-0.2, -0.15) is 0 Å². The van der Waals surface area contributed by atoms with Crippen molar-refractivity contribution in [2.75, 3.05) is 5.75 Å². The third-order valence-electron chi connectivity index (χ3n) is 2.51. The Labute approximate surface area is 100 Å². The van der Waals surface area contributed by atoms with Crippen LogP contribution in [0.1, 0.15) is 28.4 Å². The molecular weight excluding hydrogens is 248 g/mol. The molecule has 0 aromatic heterocycles. The average Bonchev–Trinajstić information content (AvgIpc) is 2.16. The van der Waals surface area contributed by atoms with Gasteiger partial charge in [0, 0.05) is 5.56 Å². The van der Waals surface area contributed by atoms with Crippen LogP contribution in [-0.2, 0) is 9.84 Å². The van der Waals surface area contributed by atoms with Crippen molar-refractivity contribution >= 4 is 26.7 Å². The Morgan fingerprint density at radius 3 is 2.31 bits per heavy atom. The highest BCUT2D eigenvalue weighted by Crippen LogP contribution is 2.25. The second kappa shape index (κ2) is 4.55. The summed E-state index contributed by atoms with van der Waals surface area (Å²) in [5.41, 5.74) is 1.32. The van der Waals surface area contributed by atoms with Gasteiger partial charge >= 0.3 is 0 Å². The highest BCUT2D eigenvalue weighted by atomic mass is 35.5. The normalized spacial score (nSPS) is 11.5. The smallest absolute Gasteiger partial charge is 0.252 e. The largest absolute Gasteiger partial charge is 0.276 e. The summed E-state index contributed by atoms with van der Waals surface area (Å²) in [6, 6.07) is 3.15. The van der Waals surface area contributed by atoms with Gasteiger partial charge < -0.3 is 0 Å². The van der Waals surface area contributed by atoms with E-state index in [0.29, 0.717) is 11.1 Å². The van der Waals surface area contributed by atoms with Crippen molar-refractivity contribution < 1.29 is 13.2 Å². The molecule has 0 amide bonds. The standard InChI is InChI=1S/C11H13ClO3S/c1-4-16(14,15)10-7(2)5-6-9(8(10)3)11(12)13/h5-6H,4H2,1-3H3. The molecule has 88 valence electrons. The predicted molar refractivity (Wildman–Crippen MR) is 63.8 cm³/mol. The van der Waals surface area contributed by atoms with E-state index in [-0.39, 0.29) is 16.2 Å². The number of carbonyl (C=O) groups excluding carboxylic acids is 1. The van der Waals surface area contributed by atoms with Gasteiger partial charge in [0.15, 0.2) is 9.84 Å². The highest BCUT2D eigenvalue weighted by Gasteiger charge is 2.21. The van der Waals surface area contributed by atoms with Crippen LogP contribution in [0.4, 0.5) is 0 Å². The molecule has 0 heterocycles. The Kier molecular flexibility index (Phi) is 3.76. The minimum Gasteiger partial charge on any atom is -0.276 e. The fraction of sp³-hybridized carbons (Fsp3) is 0.364. The molecule has 0 saturated carbocycles. The van der Waals surface area contributed by atoms with E-state index < -0.39 is 15.1 Å². The van der Waals surface area contributed by atoms with Crippen molar-refractivity contribution in [3.8, 4) is 0 Å². The van der Waals surface area contributed by atoms with Crippen molar-refractivity contribution in [1.82, 2.24) is 0 Å². The molecule has 1 rings (SSSR count). The van der Waals surface area contributed by atoms with Crippen molar-refractivity contribution in [3.63, 3.8) is 0 Å². The molecule has 5 heteroatoms. The minimum atomic E-state index is -3.33. The van der Waals surface area contributed by atoms with Crippen LogP contribution in [0.25, 0.3) is 0 Å². The van der Waals surface area contributed by atoms with Crippen LogP contribution in [0.3, 0.4) is 0 Å². The molecular formula is C11H13ClO3S. The van der Waals surface area contributed by atoms with Crippen LogP contribution in [0.5, 0.6) is 0 Å². The van der Waals surface area contributed by atoms with Crippen molar-refractivity contribution in [2.24, 2.45) is 0 Å². The maximum absolute atomic E-state index is 11.9. The maximum atomic E-state index is 11.9. The third kappa shape index (κ3) is 2.28. The molecule has 0 aliphatic rings. The van der Waals surface area contributed by atoms with Gasteiger partial charge in [0.25, 0.3) is 5.24 Å². The van der Waals surface area contributed by atoms with Gasteiger partial charge in [-0.1, -0.05) is 13.0 Å². The molecule has 0 atom stereocenters. The number of sulfone groups is 1. The summed E-state index contributed by atoms with van der Waals surface area (Å²) in [6.07, 6.45) is 0. The van der Waals surface area contributed by atoms with Crippen molar-refractivity contribution in [2.45, 2.75) is 25.7 Å². The van der Waals surface area contributed by atoms with Crippen LogP contribution in [0.2, 0.25) is 0 Å². The molecule has 16 heavy (non-hydrogen) atoms. The van der Waals surface area contributed by atoms with Gasteiger partial charge in [-0.05, 0) is 42.6 Å². The Bertz CT molecular complexity index is 532. The van der Waals surface area contributed by atoms with Crippen LogP contribution < -0.4 is 0 Å². The van der Waals surface area contributed by atoms with E-state index >= 15 is 0 Å². The zero-order valence-corrected chi connectivity index (χ0v) is 10.9. The zero-order chi connectivity index (χ0) is 12.5. The van der Waals surface area contributed by atoms with Crippen LogP contribution in [0, 0.1) is 13.8 Å². The number of rotatable bonds is 3. The Morgan fingerprint density at radius 2 is 1.88 bits per heavy atom. The number of carbonyl (C=O) groups is 1. The Balaban J connectivity index is 3.63. The first-order valence-electron chi connectivity index (χ1n) is 4.84. The van der Waals surface area contributed by atoms with E-state index in [4.69, 9.17) is 11.6 Å². The van der Waals surface area contributed by atoms with E-state index in [9.17, 15) is 13.2 Å². The summed E-state index contributed by atoms with van der Waals surface area (Å²) in [5.74, 6) is 0.00854. The van der Waals surface area contributed by atoms with Crippen LogP contribution in [-0.4, -0.2) is 19.4 Å². The maximum Gasteiger partial charge on any atom is 0.252 e. The monoisotopic (exact) mass is 260 g/mol. The molecule has 0 spiro atoms. The molecule has 0 fully saturated rings. The number of halogens is 1. The van der Waals surface area contributed by atoms with E-state index in [1.165, 1.54) is 0 Å². The van der Waals surface area contributed by atoms with Crippen LogP contribution in [0.15, 0.2) is 17.0 Å². The molecule has 0 saturated heterocycles. The topological polar surface area (TPSA) is 51.2 Å². The first kappa shape index (κ1) is 13.2. The van der Waals surface area contributed by atoms with Crippen molar-refractivity contribution in [1.29, 1.82) is 0 Å². The average molecular weight is 261 g/mol. The van der Waals surface area contributed by atoms with Gasteiger partial charge in [-0.3, -0.25) is 4.79 Å². The number of aryl methyl sites for hydroxylation is 1. The van der Waals surface area contributed by atoms with E-state index in [1.54, 1.807) is 32.9 Å². The number of hydrogen-bond donors (Lipinski definition) is 0. The molecule has 0 bridgehead atoms. The molecule has 1 aromatic rings. The summed E-state index contributed by atoms with van der Waals surface area (Å²) in [5, 5.41) is -0.634. The zero-order valence-electron chi connectivity index (χ0n) is 9.37. The molecule has 0 aliphatic carbocycles. The fourth-order valence-electron chi connectivity index (χ4n) is 1.66. The number of hydrogen-bond acceptors (Lipinski definition) is 3. The van der Waals surface area contributed by atoms with E-state index in [1.807, 2.05) is 0 Å². The van der Waals surface area contributed by atoms with E-state index in [2.05, 4.69) is 0 Å². The summed E-state index contributed by atoms with van der Waals surface area (Å²) in [4.78, 5) is 11.3. The van der Waals surface area contributed by atoms with Gasteiger partial charge in [-0.25, -0.2) is 8.42 Å². The first-order valence-corrected chi connectivity index (χ1v) is 6.87. The fourth-order valence-corrected chi connectivity index (χ4v) is 3.29. The SMILES string of the molecule is CCS(=O)(=O)c1c(C)ccc(C(=O)Cl)c1C. The third-order valence-corrected chi connectivity index (χ3v) is 4.72. The lowest BCUT2D eigenvalue weighted by atomic mass is 10.1. The number of benzene rings is 1. The van der Waals surface area contributed by atoms with Gasteiger partial charge in [0.1, 0.15) is 0 Å². The summed E-state index contributed by atoms with van der Waals surface area (Å²) in [6.45, 7) is 4.88. The molecule has 0 N–H and O–H groups in total. The van der Waals surface area contributed by atoms with Gasteiger partial charge in [-0.15, -0.1) is 0 Å². The van der Waals surface area contributed by atoms with Crippen LogP contribution >= 0.6 is 11.6 Å². The van der Waals surface area contributed by atoms with Gasteiger partial charge in [0.05, 0.1) is 10.6 Å². The van der Waals surface area contributed by atoms with Crippen molar-refractivity contribution in [3.05, 3.63) is 28.8 Å². The quantitative estimate of drug-likeness (QED) is 0.785. The summed E-state index contributed by atoms with van der Waals surface area (Å²) < 4.78 is 23.7. The molecule has 3 nitrogen and oxygen atoms in total. The lowest BCUT2D eigenvalue weighted by Crippen LogP contribution is -2.10. The Morgan fingerprint density at radius 1 is 1.31 bits per heavy atom. The summed E-state index contributed by atoms with van der Waals surface area (Å²) in [7, 11) is -3.33. The molecule has 0 radical (unpaired) electrons. The predicted octanol–water partition coefficient (Wildman–Crippen LogP) is 2.48. The Hall–Kier alpha value is -0.870. The lowest BCUT2D eigenvalue weighted by Gasteiger charge is -2.11. The summed E-state index contributed by atoms with van der Waals surface area (Å²) >= 11 is 5.39. The van der Waals surface area contributed by atoms with E-state index in [0.717, 1.165) is 0 Å². The second-order valence-corrected chi connectivity index (χ2v) is 6.12. The molecule has 1 aromatic carbocycles. The minimum absolute atomic E-state index is 0.00854. The molecule has 0 aliphatic heterocycles. The second-order valence-electron chi connectivity index (χ2n) is 3.56.